The first kappa shape index (κ1) is 30.1. The molecule has 0 radical (unpaired) electrons. The average molecular weight is 599 g/mol. The summed E-state index contributed by atoms with van der Waals surface area (Å²) in [4.78, 5) is 4.05. The summed E-state index contributed by atoms with van der Waals surface area (Å²) in [6.45, 7) is 2.84. The largest absolute Gasteiger partial charge is 0.457 e. The van der Waals surface area contributed by atoms with Crippen LogP contribution in [0.3, 0.4) is 0 Å². The van der Waals surface area contributed by atoms with Gasteiger partial charge in [0.2, 0.25) is 0 Å². The zero-order chi connectivity index (χ0) is 30.0. The van der Waals surface area contributed by atoms with Crippen LogP contribution in [-0.2, 0) is 14.8 Å². The van der Waals surface area contributed by atoms with E-state index in [-0.39, 0.29) is 5.76 Å². The molecule has 1 unspecified atom stereocenters. The minimum Gasteiger partial charge on any atom is -0.457 e. The van der Waals surface area contributed by atoms with Gasteiger partial charge in [-0.2, -0.15) is 5.26 Å². The highest BCUT2D eigenvalue weighted by Crippen LogP contribution is 2.30. The Bertz CT molecular complexity index is 1590. The van der Waals surface area contributed by atoms with Crippen LogP contribution in [0.2, 0.25) is 0 Å². The normalized spacial score (nSPS) is 26.0. The van der Waals surface area contributed by atoms with Crippen LogP contribution in [-0.4, -0.2) is 111 Å². The Hall–Kier alpha value is -3.32. The summed E-state index contributed by atoms with van der Waals surface area (Å²) in [5.41, 5.74) is 1.97. The maximum atomic E-state index is 12.8. The molecule has 5 N–H and O–H groups in total. The number of nitriles is 1. The first-order chi connectivity index (χ1) is 20.1. The van der Waals surface area contributed by atoms with Gasteiger partial charge in [0.05, 0.1) is 6.61 Å². The van der Waals surface area contributed by atoms with Gasteiger partial charge in [-0.1, -0.05) is 18.2 Å². The van der Waals surface area contributed by atoms with Crippen molar-refractivity contribution in [3.8, 4) is 17.4 Å². The van der Waals surface area contributed by atoms with E-state index in [0.29, 0.717) is 5.76 Å². The van der Waals surface area contributed by atoms with Crippen molar-refractivity contribution in [2.75, 3.05) is 51.3 Å². The van der Waals surface area contributed by atoms with Crippen molar-refractivity contribution in [3.05, 3.63) is 59.2 Å². The van der Waals surface area contributed by atoms with E-state index < -0.39 is 58.6 Å². The molecule has 224 valence electrons. The van der Waals surface area contributed by atoms with E-state index in [4.69, 9.17) is 9.15 Å². The highest BCUT2D eigenvalue weighted by atomic mass is 32.2. The fraction of sp³-hybridized carbons (Fsp3) is 0.414. The number of nitrogens with one attached hydrogen (secondary N) is 1. The maximum Gasteiger partial charge on any atom is 0.250 e. The SMILES string of the molecule is CN1CCN(c2ccc3cc(-c4ccc(/C=C(\C#N)S(=O)(=O)NC[C@H]5OC(CO)[C@H](O)[C@@H](O)[C@@H]5O)o4)ccc3c2)CC1. The summed E-state index contributed by atoms with van der Waals surface area (Å²) in [7, 11) is -2.24. The highest BCUT2D eigenvalue weighted by molar-refractivity contribution is 7.93. The fourth-order valence-electron chi connectivity index (χ4n) is 5.15. The molecule has 0 aliphatic carbocycles. The molecule has 3 aromatic rings. The summed E-state index contributed by atoms with van der Waals surface area (Å²) >= 11 is 0. The molecule has 12 nitrogen and oxygen atoms in total. The number of piperazine rings is 1. The summed E-state index contributed by atoms with van der Waals surface area (Å²) in [5, 5.41) is 51.0. The van der Waals surface area contributed by atoms with Crippen LogP contribution in [0.25, 0.3) is 28.2 Å². The van der Waals surface area contributed by atoms with Gasteiger partial charge in [-0.3, -0.25) is 0 Å². The van der Waals surface area contributed by atoms with E-state index in [2.05, 4.69) is 39.8 Å². The van der Waals surface area contributed by atoms with Crippen LogP contribution in [0, 0.1) is 11.3 Å². The van der Waals surface area contributed by atoms with Gasteiger partial charge in [-0.25, -0.2) is 13.1 Å². The first-order valence-corrected chi connectivity index (χ1v) is 15.1. The van der Waals surface area contributed by atoms with Crippen LogP contribution in [0.4, 0.5) is 5.69 Å². The lowest BCUT2D eigenvalue weighted by Crippen LogP contribution is -2.60. The van der Waals surface area contributed by atoms with Crippen LogP contribution in [0.15, 0.2) is 57.9 Å². The molecule has 2 aliphatic heterocycles. The van der Waals surface area contributed by atoms with E-state index in [9.17, 15) is 34.1 Å². The van der Waals surface area contributed by atoms with Crippen molar-refractivity contribution in [3.63, 3.8) is 0 Å². The van der Waals surface area contributed by atoms with E-state index in [1.54, 1.807) is 18.2 Å². The van der Waals surface area contributed by atoms with Gasteiger partial charge in [0.1, 0.15) is 48.1 Å². The summed E-state index contributed by atoms with van der Waals surface area (Å²) in [6, 6.07) is 17.2. The van der Waals surface area contributed by atoms with Crippen LogP contribution < -0.4 is 9.62 Å². The van der Waals surface area contributed by atoms with E-state index in [1.807, 2.05) is 18.2 Å². The number of nitrogens with zero attached hydrogens (tertiary/aromatic N) is 3. The van der Waals surface area contributed by atoms with Gasteiger partial charge in [0.15, 0.2) is 4.91 Å². The van der Waals surface area contributed by atoms with Crippen molar-refractivity contribution < 1.29 is 38.0 Å². The minimum absolute atomic E-state index is 0.144. The van der Waals surface area contributed by atoms with E-state index in [0.717, 1.165) is 48.6 Å². The highest BCUT2D eigenvalue weighted by Gasteiger charge is 2.43. The lowest BCUT2D eigenvalue weighted by Gasteiger charge is -2.40. The van der Waals surface area contributed by atoms with Crippen molar-refractivity contribution in [1.29, 1.82) is 5.26 Å². The molecule has 2 saturated heterocycles. The van der Waals surface area contributed by atoms with Crippen LogP contribution >= 0.6 is 0 Å². The number of aliphatic hydroxyl groups excluding tert-OH is 4. The second-order valence-corrected chi connectivity index (χ2v) is 12.3. The number of fused-ring (bicyclic) bond motifs is 1. The fourth-order valence-corrected chi connectivity index (χ4v) is 6.08. The maximum absolute atomic E-state index is 12.8. The topological polar surface area (TPSA) is 180 Å². The molecule has 42 heavy (non-hydrogen) atoms. The molecule has 1 aromatic heterocycles. The minimum atomic E-state index is -4.36. The zero-order valence-electron chi connectivity index (χ0n) is 23.0. The first-order valence-electron chi connectivity index (χ1n) is 13.6. The summed E-state index contributed by atoms with van der Waals surface area (Å²) < 4.78 is 39.0. The molecular formula is C29H34N4O8S. The second-order valence-electron chi connectivity index (χ2n) is 10.6. The Morgan fingerprint density at radius 1 is 1.00 bits per heavy atom. The predicted molar refractivity (Wildman–Crippen MR) is 156 cm³/mol. The summed E-state index contributed by atoms with van der Waals surface area (Å²) in [6.07, 6.45) is -6.19. The number of furan rings is 1. The second kappa shape index (κ2) is 12.5. The lowest BCUT2D eigenvalue weighted by molar-refractivity contribution is -0.226. The molecule has 5 rings (SSSR count). The Kier molecular flexibility index (Phi) is 8.97. The van der Waals surface area contributed by atoms with E-state index >= 15 is 0 Å². The number of hydrogen-bond acceptors (Lipinski definition) is 11. The van der Waals surface area contributed by atoms with Crippen molar-refractivity contribution in [1.82, 2.24) is 9.62 Å². The number of anilines is 1. The number of rotatable bonds is 8. The molecule has 0 bridgehead atoms. The third kappa shape index (κ3) is 6.36. The molecule has 0 amide bonds. The standard InChI is InChI=1S/C29H34N4O8S/c1-32-8-10-33(11-9-32)21-5-4-18-12-20(3-2-19(18)13-21)24-7-6-22(40-24)14-23(15-30)42(38,39)31-16-25-27(35)29(37)28(36)26(17-34)41-25/h2-7,12-14,25-29,31,34-37H,8-11,16-17H2,1H3/b23-14+/t25-,26?,27-,28+,29+/m1/s1. The smallest absolute Gasteiger partial charge is 0.250 e. The average Bonchev–Trinajstić information content (AvgIpc) is 3.47. The van der Waals surface area contributed by atoms with E-state index in [1.165, 1.54) is 5.69 Å². The molecule has 0 saturated carbocycles. The zero-order valence-corrected chi connectivity index (χ0v) is 23.8. The third-order valence-electron chi connectivity index (χ3n) is 7.74. The summed E-state index contributed by atoms with van der Waals surface area (Å²) in [5.74, 6) is 0.639. The van der Waals surface area contributed by atoms with Gasteiger partial charge in [-0.05, 0) is 48.2 Å². The van der Waals surface area contributed by atoms with Crippen LogP contribution in [0.5, 0.6) is 0 Å². The van der Waals surface area contributed by atoms with Crippen LogP contribution in [0.1, 0.15) is 5.76 Å². The quantitative estimate of drug-likeness (QED) is 0.228. The number of allylic oxidation sites excluding steroid dienone is 1. The Balaban J connectivity index is 1.28. The molecule has 5 atom stereocenters. The number of ether oxygens (including phenoxy) is 1. The molecule has 2 aromatic carbocycles. The van der Waals surface area contributed by atoms with Crippen molar-refractivity contribution in [2.24, 2.45) is 0 Å². The Morgan fingerprint density at radius 2 is 1.69 bits per heavy atom. The number of likely N-dealkylation sites (N-methyl/N-ethyl adjacent to an activating group) is 1. The van der Waals surface area contributed by atoms with Crippen molar-refractivity contribution >= 4 is 32.6 Å². The third-order valence-corrected chi connectivity index (χ3v) is 9.08. The van der Waals surface area contributed by atoms with Crippen molar-refractivity contribution in [2.45, 2.75) is 30.5 Å². The molecule has 0 spiro atoms. The molecular weight excluding hydrogens is 564 g/mol. The lowest BCUT2D eigenvalue weighted by atomic mass is 9.95. The number of aliphatic hydroxyl groups is 4. The monoisotopic (exact) mass is 598 g/mol. The Morgan fingerprint density at radius 3 is 2.40 bits per heavy atom. The predicted octanol–water partition coefficient (Wildman–Crippen LogP) is 0.478. The molecule has 13 heteroatoms. The number of hydrogen-bond donors (Lipinski definition) is 5. The van der Waals surface area contributed by atoms with Gasteiger partial charge >= 0.3 is 0 Å². The molecule has 3 heterocycles. The van der Waals surface area contributed by atoms with Gasteiger partial charge < -0.3 is 39.4 Å². The van der Waals surface area contributed by atoms with Gasteiger partial charge in [0.25, 0.3) is 10.0 Å². The number of benzene rings is 2. The Labute approximate surface area is 243 Å². The van der Waals surface area contributed by atoms with Gasteiger partial charge in [0, 0.05) is 50.1 Å². The molecule has 2 fully saturated rings. The molecule has 2 aliphatic rings. The van der Waals surface area contributed by atoms with Gasteiger partial charge in [-0.15, -0.1) is 0 Å². The number of sulfonamides is 1.